The molecule has 0 saturated heterocycles. The van der Waals surface area contributed by atoms with Crippen LogP contribution in [0.15, 0.2) is 23.5 Å². The molecule has 2 N–H and O–H groups in total. The minimum atomic E-state index is 0.355. The summed E-state index contributed by atoms with van der Waals surface area (Å²) in [7, 11) is 1.65. The van der Waals surface area contributed by atoms with Gasteiger partial charge < -0.3 is 15.0 Å². The van der Waals surface area contributed by atoms with Crippen LogP contribution in [0.2, 0.25) is 5.15 Å². The van der Waals surface area contributed by atoms with Gasteiger partial charge in [0, 0.05) is 19.5 Å². The predicted octanol–water partition coefficient (Wildman–Crippen LogP) is 3.95. The highest BCUT2D eigenvalue weighted by Gasteiger charge is 2.26. The van der Waals surface area contributed by atoms with Gasteiger partial charge in [0.05, 0.1) is 30.4 Å². The number of hydrogen-bond donors (Lipinski definition) is 2. The standard InChI is InChI=1S/C18H22ClN7O/c1-11(12-3-4-12)9-21-17-13-5-6-20-16(13)23-18(24-17)22-14-10-26(7-8-27-2)25-15(14)19/h5-6,9-12H,3-4,7-8H2,1-2H3,(H2,20,22,23,24)/b21-9+. The molecular weight excluding hydrogens is 366 g/mol. The van der Waals surface area contributed by atoms with Gasteiger partial charge in [-0.25, -0.2) is 4.99 Å². The van der Waals surface area contributed by atoms with Crippen molar-refractivity contribution >= 4 is 46.3 Å². The molecule has 1 saturated carbocycles. The number of H-pyrrole nitrogens is 1. The molecule has 0 spiro atoms. The second-order valence-corrected chi connectivity index (χ2v) is 7.16. The largest absolute Gasteiger partial charge is 0.383 e. The van der Waals surface area contributed by atoms with Crippen molar-refractivity contribution < 1.29 is 4.74 Å². The monoisotopic (exact) mass is 387 g/mol. The molecule has 0 aromatic carbocycles. The normalized spacial score (nSPS) is 15.7. The second kappa shape index (κ2) is 7.66. The molecule has 9 heteroatoms. The number of ether oxygens (including phenoxy) is 1. The third-order valence-electron chi connectivity index (χ3n) is 4.68. The van der Waals surface area contributed by atoms with Crippen molar-refractivity contribution in [3.63, 3.8) is 0 Å². The summed E-state index contributed by atoms with van der Waals surface area (Å²) in [4.78, 5) is 16.8. The van der Waals surface area contributed by atoms with Crippen molar-refractivity contribution in [3.05, 3.63) is 23.6 Å². The topological polar surface area (TPSA) is 93.0 Å². The number of aromatic amines is 1. The van der Waals surface area contributed by atoms with E-state index in [9.17, 15) is 0 Å². The molecule has 4 rings (SSSR count). The summed E-state index contributed by atoms with van der Waals surface area (Å²) >= 11 is 6.23. The molecule has 142 valence electrons. The van der Waals surface area contributed by atoms with E-state index in [1.165, 1.54) is 12.8 Å². The quantitative estimate of drug-likeness (QED) is 0.571. The predicted molar refractivity (Wildman–Crippen MR) is 106 cm³/mol. The van der Waals surface area contributed by atoms with Crippen molar-refractivity contribution in [1.82, 2.24) is 24.7 Å². The Morgan fingerprint density at radius 3 is 3.11 bits per heavy atom. The Morgan fingerprint density at radius 2 is 2.33 bits per heavy atom. The maximum atomic E-state index is 6.23. The lowest BCUT2D eigenvalue weighted by atomic mass is 10.1. The molecule has 3 aromatic heterocycles. The Kier molecular flexibility index (Phi) is 5.09. The highest BCUT2D eigenvalue weighted by Crippen LogP contribution is 2.36. The lowest BCUT2D eigenvalue weighted by Gasteiger charge is -2.05. The fourth-order valence-corrected chi connectivity index (χ4v) is 3.11. The Labute approximate surface area is 162 Å². The van der Waals surface area contributed by atoms with E-state index in [-0.39, 0.29) is 0 Å². The number of fused-ring (bicyclic) bond motifs is 1. The first-order valence-electron chi connectivity index (χ1n) is 9.02. The molecule has 1 unspecified atom stereocenters. The summed E-state index contributed by atoms with van der Waals surface area (Å²) < 4.78 is 6.79. The van der Waals surface area contributed by atoms with Crippen LogP contribution in [0, 0.1) is 11.8 Å². The van der Waals surface area contributed by atoms with Gasteiger partial charge in [-0.15, -0.1) is 0 Å². The number of anilines is 2. The number of hydrogen-bond acceptors (Lipinski definition) is 6. The number of aromatic nitrogens is 5. The summed E-state index contributed by atoms with van der Waals surface area (Å²) in [5.74, 6) is 2.27. The molecule has 3 aromatic rings. The Morgan fingerprint density at radius 1 is 1.48 bits per heavy atom. The van der Waals surface area contributed by atoms with Crippen LogP contribution in [0.3, 0.4) is 0 Å². The van der Waals surface area contributed by atoms with Gasteiger partial charge in [0.2, 0.25) is 5.95 Å². The molecule has 0 aliphatic heterocycles. The summed E-state index contributed by atoms with van der Waals surface area (Å²) in [6, 6.07) is 1.93. The van der Waals surface area contributed by atoms with Crippen LogP contribution in [-0.2, 0) is 11.3 Å². The van der Waals surface area contributed by atoms with Crippen LogP contribution < -0.4 is 5.32 Å². The van der Waals surface area contributed by atoms with Gasteiger partial charge in [-0.3, -0.25) is 4.68 Å². The maximum absolute atomic E-state index is 6.23. The van der Waals surface area contributed by atoms with Crippen LogP contribution in [0.1, 0.15) is 19.8 Å². The van der Waals surface area contributed by atoms with E-state index in [1.54, 1.807) is 11.8 Å². The van der Waals surface area contributed by atoms with Gasteiger partial charge in [0.25, 0.3) is 0 Å². The summed E-state index contributed by atoms with van der Waals surface area (Å²) in [5.41, 5.74) is 1.36. The van der Waals surface area contributed by atoms with E-state index in [2.05, 4.69) is 37.3 Å². The lowest BCUT2D eigenvalue weighted by molar-refractivity contribution is 0.183. The molecule has 1 fully saturated rings. The van der Waals surface area contributed by atoms with Crippen LogP contribution in [0.25, 0.3) is 11.0 Å². The number of methoxy groups -OCH3 is 1. The average molecular weight is 388 g/mol. The number of aliphatic imine (C=N–C) groups is 1. The minimum Gasteiger partial charge on any atom is -0.383 e. The average Bonchev–Trinajstić information content (AvgIpc) is 3.31. The first-order chi connectivity index (χ1) is 13.1. The zero-order valence-corrected chi connectivity index (χ0v) is 16.1. The Balaban J connectivity index is 1.59. The van der Waals surface area contributed by atoms with Crippen LogP contribution in [0.5, 0.6) is 0 Å². The molecule has 0 radical (unpaired) electrons. The van der Waals surface area contributed by atoms with Gasteiger partial charge in [-0.05, 0) is 30.7 Å². The SMILES string of the molecule is COCCn1cc(Nc2nc(/N=C/C(C)C3CC3)c3cc[nH]c3n2)c(Cl)n1. The highest BCUT2D eigenvalue weighted by molar-refractivity contribution is 6.32. The smallest absolute Gasteiger partial charge is 0.231 e. The van der Waals surface area contributed by atoms with Crippen LogP contribution >= 0.6 is 11.6 Å². The van der Waals surface area contributed by atoms with E-state index >= 15 is 0 Å². The zero-order valence-electron chi connectivity index (χ0n) is 15.3. The van der Waals surface area contributed by atoms with Crippen LogP contribution in [-0.4, -0.2) is 44.7 Å². The van der Waals surface area contributed by atoms with E-state index in [1.807, 2.05) is 24.7 Å². The number of nitrogens with one attached hydrogen (secondary N) is 2. The molecule has 27 heavy (non-hydrogen) atoms. The van der Waals surface area contributed by atoms with Crippen molar-refractivity contribution in [2.24, 2.45) is 16.8 Å². The minimum absolute atomic E-state index is 0.355. The van der Waals surface area contributed by atoms with Crippen molar-refractivity contribution in [1.29, 1.82) is 0 Å². The molecule has 0 bridgehead atoms. The van der Waals surface area contributed by atoms with Gasteiger partial charge in [-0.1, -0.05) is 18.5 Å². The van der Waals surface area contributed by atoms with Gasteiger partial charge in [0.15, 0.2) is 11.0 Å². The van der Waals surface area contributed by atoms with Gasteiger partial charge >= 0.3 is 0 Å². The third-order valence-corrected chi connectivity index (χ3v) is 4.96. The molecule has 3 heterocycles. The lowest BCUT2D eigenvalue weighted by Crippen LogP contribution is -2.04. The van der Waals surface area contributed by atoms with Crippen molar-refractivity contribution in [3.8, 4) is 0 Å². The molecule has 0 amide bonds. The first kappa shape index (κ1) is 17.9. The molecule has 8 nitrogen and oxygen atoms in total. The number of rotatable bonds is 8. The van der Waals surface area contributed by atoms with E-state index < -0.39 is 0 Å². The molecule has 1 aliphatic carbocycles. The Bertz CT molecular complexity index is 960. The molecular formula is C18H22ClN7O. The van der Waals surface area contributed by atoms with Gasteiger partial charge in [0.1, 0.15) is 5.65 Å². The highest BCUT2D eigenvalue weighted by atomic mass is 35.5. The maximum Gasteiger partial charge on any atom is 0.231 e. The van der Waals surface area contributed by atoms with Crippen molar-refractivity contribution in [2.45, 2.75) is 26.3 Å². The molecule has 1 atom stereocenters. The van der Waals surface area contributed by atoms with E-state index in [0.717, 1.165) is 17.0 Å². The number of halogens is 1. The second-order valence-electron chi connectivity index (χ2n) is 6.80. The molecule has 1 aliphatic rings. The fraction of sp³-hybridized carbons (Fsp3) is 0.444. The van der Waals surface area contributed by atoms with E-state index in [0.29, 0.717) is 41.7 Å². The summed E-state index contributed by atoms with van der Waals surface area (Å²) in [6.07, 6.45) is 8.21. The first-order valence-corrected chi connectivity index (χ1v) is 9.40. The number of nitrogens with zero attached hydrogens (tertiary/aromatic N) is 5. The fourth-order valence-electron chi connectivity index (χ4n) is 2.91. The van der Waals surface area contributed by atoms with Crippen LogP contribution in [0.4, 0.5) is 17.5 Å². The van der Waals surface area contributed by atoms with Gasteiger partial charge in [-0.2, -0.15) is 15.1 Å². The summed E-state index contributed by atoms with van der Waals surface area (Å²) in [6.45, 7) is 3.37. The van der Waals surface area contributed by atoms with E-state index in [4.69, 9.17) is 16.3 Å². The third kappa shape index (κ3) is 4.12. The zero-order chi connectivity index (χ0) is 18.8. The van der Waals surface area contributed by atoms with Crippen molar-refractivity contribution in [2.75, 3.05) is 19.0 Å². The summed E-state index contributed by atoms with van der Waals surface area (Å²) in [5, 5.41) is 8.64. The Hall–Kier alpha value is -2.45.